The van der Waals surface area contributed by atoms with Gasteiger partial charge in [-0.25, -0.2) is 13.2 Å². The van der Waals surface area contributed by atoms with Crippen molar-refractivity contribution < 1.29 is 32.2 Å². The van der Waals surface area contributed by atoms with Gasteiger partial charge in [0, 0.05) is 12.8 Å². The molecule has 0 radical (unpaired) electrons. The lowest BCUT2D eigenvalue weighted by molar-refractivity contribution is -0.140. The second-order valence-electron chi connectivity index (χ2n) is 5.34. The predicted octanol–water partition coefficient (Wildman–Crippen LogP) is 2.26. The Labute approximate surface area is 146 Å². The van der Waals surface area contributed by atoms with Crippen molar-refractivity contribution in [3.8, 4) is 0 Å². The first-order valence-corrected chi connectivity index (χ1v) is 9.43. The normalized spacial score (nSPS) is 20.4. The van der Waals surface area contributed by atoms with Gasteiger partial charge in [0.15, 0.2) is 15.1 Å². The monoisotopic (exact) mass is 368 g/mol. The molecule has 0 bridgehead atoms. The van der Waals surface area contributed by atoms with E-state index in [0.717, 1.165) is 0 Å². The van der Waals surface area contributed by atoms with Gasteiger partial charge in [0.1, 0.15) is 12.7 Å². The van der Waals surface area contributed by atoms with Crippen LogP contribution in [0.4, 0.5) is 4.79 Å². The molecule has 0 amide bonds. The highest BCUT2D eigenvalue weighted by atomic mass is 32.2. The number of esters is 1. The highest BCUT2D eigenvalue weighted by Gasteiger charge is 2.43. The van der Waals surface area contributed by atoms with E-state index in [1.807, 2.05) is 0 Å². The summed E-state index contributed by atoms with van der Waals surface area (Å²) in [6, 6.07) is 7.84. The van der Waals surface area contributed by atoms with Crippen molar-refractivity contribution in [1.29, 1.82) is 0 Å². The summed E-state index contributed by atoms with van der Waals surface area (Å²) in [6.07, 6.45) is 2.43. The number of hydrogen-bond donors (Lipinski definition) is 0. The van der Waals surface area contributed by atoms with Crippen molar-refractivity contribution in [1.82, 2.24) is 0 Å². The van der Waals surface area contributed by atoms with Gasteiger partial charge in [-0.05, 0) is 19.1 Å². The molecule has 0 saturated carbocycles. The molecular formula is C17H20O7S. The standard InChI is InChI=1S/C17H20O7S/c1-2-22-17(19)23-11-7-6-8-13-12-15(16(18)24-13)25(20,21)14-9-4-3-5-10-14/h3-7,9-10,13,15H,2,8,11-12H2,1H3/b7-6-/t13-,15?/m1/s1. The Balaban J connectivity index is 1.87. The number of hydrogen-bond acceptors (Lipinski definition) is 7. The molecule has 1 fully saturated rings. The highest BCUT2D eigenvalue weighted by molar-refractivity contribution is 7.92. The summed E-state index contributed by atoms with van der Waals surface area (Å²) in [6.45, 7) is 1.94. The molecule has 1 saturated heterocycles. The smallest absolute Gasteiger partial charge is 0.461 e. The molecule has 1 aliphatic rings. The van der Waals surface area contributed by atoms with E-state index in [0.29, 0.717) is 6.42 Å². The fourth-order valence-corrected chi connectivity index (χ4v) is 4.03. The quantitative estimate of drug-likeness (QED) is 0.538. The second kappa shape index (κ2) is 8.66. The Morgan fingerprint density at radius 3 is 2.64 bits per heavy atom. The van der Waals surface area contributed by atoms with Gasteiger partial charge in [-0.3, -0.25) is 4.79 Å². The van der Waals surface area contributed by atoms with Crippen LogP contribution in [0.1, 0.15) is 19.8 Å². The van der Waals surface area contributed by atoms with Gasteiger partial charge < -0.3 is 14.2 Å². The maximum atomic E-state index is 12.5. The van der Waals surface area contributed by atoms with Crippen molar-refractivity contribution in [2.75, 3.05) is 13.2 Å². The van der Waals surface area contributed by atoms with Crippen LogP contribution in [-0.4, -0.2) is 45.1 Å². The number of sulfone groups is 1. The number of carbonyl (C=O) groups excluding carboxylic acids is 2. The Morgan fingerprint density at radius 2 is 1.96 bits per heavy atom. The summed E-state index contributed by atoms with van der Waals surface area (Å²) in [5, 5.41) is -1.19. The van der Waals surface area contributed by atoms with Crippen LogP contribution >= 0.6 is 0 Å². The van der Waals surface area contributed by atoms with Gasteiger partial charge in [0.05, 0.1) is 11.5 Å². The molecular weight excluding hydrogens is 348 g/mol. The van der Waals surface area contributed by atoms with E-state index in [9.17, 15) is 18.0 Å². The maximum Gasteiger partial charge on any atom is 0.508 e. The molecule has 0 N–H and O–H groups in total. The molecule has 25 heavy (non-hydrogen) atoms. The van der Waals surface area contributed by atoms with Crippen LogP contribution in [0.2, 0.25) is 0 Å². The largest absolute Gasteiger partial charge is 0.508 e. The minimum atomic E-state index is -3.76. The van der Waals surface area contributed by atoms with Crippen LogP contribution in [0.3, 0.4) is 0 Å². The van der Waals surface area contributed by atoms with Gasteiger partial charge in [0.2, 0.25) is 0 Å². The maximum absolute atomic E-state index is 12.5. The van der Waals surface area contributed by atoms with E-state index in [1.54, 1.807) is 37.3 Å². The third kappa shape index (κ3) is 5.06. The fraction of sp³-hybridized carbons (Fsp3) is 0.412. The van der Waals surface area contributed by atoms with Crippen molar-refractivity contribution in [3.05, 3.63) is 42.5 Å². The molecule has 0 aliphatic carbocycles. The lowest BCUT2D eigenvalue weighted by Gasteiger charge is -2.07. The van der Waals surface area contributed by atoms with Crippen LogP contribution in [0, 0.1) is 0 Å². The predicted molar refractivity (Wildman–Crippen MR) is 88.6 cm³/mol. The lowest BCUT2D eigenvalue weighted by atomic mass is 10.2. The Bertz CT molecular complexity index is 725. The van der Waals surface area contributed by atoms with Crippen molar-refractivity contribution in [3.63, 3.8) is 0 Å². The summed E-state index contributed by atoms with van der Waals surface area (Å²) < 4.78 is 39.5. The van der Waals surface area contributed by atoms with Crippen molar-refractivity contribution >= 4 is 22.0 Å². The zero-order chi connectivity index (χ0) is 18.3. The molecule has 1 unspecified atom stereocenters. The van der Waals surface area contributed by atoms with E-state index >= 15 is 0 Å². The molecule has 8 heteroatoms. The highest BCUT2D eigenvalue weighted by Crippen LogP contribution is 2.28. The van der Waals surface area contributed by atoms with E-state index in [-0.39, 0.29) is 24.5 Å². The minimum Gasteiger partial charge on any atom is -0.461 e. The lowest BCUT2D eigenvalue weighted by Crippen LogP contribution is -2.26. The van der Waals surface area contributed by atoms with Crippen LogP contribution < -0.4 is 0 Å². The SMILES string of the molecule is CCOC(=O)OC/C=C\C[C@@H]1CC(S(=O)(=O)c2ccccc2)C(=O)O1. The number of rotatable bonds is 7. The van der Waals surface area contributed by atoms with Crippen molar-refractivity contribution in [2.45, 2.75) is 36.0 Å². The molecule has 1 aliphatic heterocycles. The molecule has 1 aromatic carbocycles. The van der Waals surface area contributed by atoms with Crippen LogP contribution in [0.25, 0.3) is 0 Å². The van der Waals surface area contributed by atoms with Gasteiger partial charge in [-0.15, -0.1) is 0 Å². The summed E-state index contributed by atoms with van der Waals surface area (Å²) >= 11 is 0. The number of ether oxygens (including phenoxy) is 3. The van der Waals surface area contributed by atoms with Crippen molar-refractivity contribution in [2.24, 2.45) is 0 Å². The van der Waals surface area contributed by atoms with E-state index in [2.05, 4.69) is 4.74 Å². The summed E-state index contributed by atoms with van der Waals surface area (Å²) in [5.41, 5.74) is 0. The molecule has 0 aromatic heterocycles. The average Bonchev–Trinajstić information content (AvgIpc) is 2.97. The Kier molecular flexibility index (Phi) is 6.58. The van der Waals surface area contributed by atoms with Gasteiger partial charge >= 0.3 is 12.1 Å². The first-order chi connectivity index (χ1) is 11.9. The van der Waals surface area contributed by atoms with E-state index in [1.165, 1.54) is 12.1 Å². The first kappa shape index (κ1) is 19.0. The topological polar surface area (TPSA) is 96.0 Å². The van der Waals surface area contributed by atoms with E-state index in [4.69, 9.17) is 9.47 Å². The van der Waals surface area contributed by atoms with Crippen LogP contribution in [0.15, 0.2) is 47.4 Å². The van der Waals surface area contributed by atoms with Gasteiger partial charge in [0.25, 0.3) is 0 Å². The molecule has 2 rings (SSSR count). The van der Waals surface area contributed by atoms with Gasteiger partial charge in [-0.2, -0.15) is 0 Å². The van der Waals surface area contributed by atoms with Crippen LogP contribution in [0.5, 0.6) is 0 Å². The molecule has 136 valence electrons. The number of benzene rings is 1. The Morgan fingerprint density at radius 1 is 1.24 bits per heavy atom. The minimum absolute atomic E-state index is 0.0330. The van der Waals surface area contributed by atoms with Gasteiger partial charge in [-0.1, -0.05) is 30.4 Å². The zero-order valence-electron chi connectivity index (χ0n) is 13.8. The number of cyclic esters (lactones) is 1. The third-order valence-electron chi connectivity index (χ3n) is 3.59. The zero-order valence-corrected chi connectivity index (χ0v) is 14.6. The summed E-state index contributed by atoms with van der Waals surface area (Å²) in [5.74, 6) is -0.731. The van der Waals surface area contributed by atoms with Crippen LogP contribution in [-0.2, 0) is 28.8 Å². The third-order valence-corrected chi connectivity index (χ3v) is 5.66. The number of carbonyl (C=O) groups is 2. The summed E-state index contributed by atoms with van der Waals surface area (Å²) in [7, 11) is -3.76. The molecule has 2 atom stereocenters. The molecule has 0 spiro atoms. The molecule has 1 heterocycles. The second-order valence-corrected chi connectivity index (χ2v) is 7.47. The first-order valence-electron chi connectivity index (χ1n) is 7.89. The average molecular weight is 368 g/mol. The fourth-order valence-electron chi connectivity index (χ4n) is 2.39. The molecule has 1 aromatic rings. The summed E-state index contributed by atoms with van der Waals surface area (Å²) in [4.78, 5) is 23.0. The molecule has 7 nitrogen and oxygen atoms in total. The Hall–Kier alpha value is -2.35. The van der Waals surface area contributed by atoms with E-state index < -0.39 is 33.3 Å².